The number of rotatable bonds is 5. The van der Waals surface area contributed by atoms with Crippen molar-refractivity contribution >= 4 is 5.91 Å². The lowest BCUT2D eigenvalue weighted by atomic mass is 10.0. The van der Waals surface area contributed by atoms with Gasteiger partial charge in [-0.15, -0.1) is 0 Å². The van der Waals surface area contributed by atoms with Gasteiger partial charge in [-0.1, -0.05) is 26.0 Å². The minimum absolute atomic E-state index is 0.0618. The third-order valence-corrected chi connectivity index (χ3v) is 3.00. The van der Waals surface area contributed by atoms with Gasteiger partial charge in [0.2, 0.25) is 5.91 Å². The summed E-state index contributed by atoms with van der Waals surface area (Å²) in [5, 5.41) is 2.91. The van der Waals surface area contributed by atoms with E-state index in [1.54, 1.807) is 7.11 Å². The second kappa shape index (κ2) is 6.40. The van der Waals surface area contributed by atoms with E-state index in [-0.39, 0.29) is 17.9 Å². The number of hydrogen-bond acceptors (Lipinski definition) is 3. The number of nitrogens with one attached hydrogen (secondary N) is 1. The number of carbonyl (C=O) groups is 1. The highest BCUT2D eigenvalue weighted by Crippen LogP contribution is 2.17. The largest absolute Gasteiger partial charge is 0.497 e. The predicted molar refractivity (Wildman–Crippen MR) is 72.4 cm³/mol. The highest BCUT2D eigenvalue weighted by molar-refractivity contribution is 5.82. The minimum atomic E-state index is -0.467. The quantitative estimate of drug-likeness (QED) is 0.838. The van der Waals surface area contributed by atoms with Gasteiger partial charge in [-0.05, 0) is 30.5 Å². The zero-order valence-corrected chi connectivity index (χ0v) is 11.4. The summed E-state index contributed by atoms with van der Waals surface area (Å²) in [6.45, 7) is 5.80. The van der Waals surface area contributed by atoms with E-state index < -0.39 is 6.04 Å². The molecule has 4 heteroatoms. The Morgan fingerprint density at radius 3 is 2.22 bits per heavy atom. The van der Waals surface area contributed by atoms with Gasteiger partial charge in [0.1, 0.15) is 5.75 Å². The molecule has 1 unspecified atom stereocenters. The maximum Gasteiger partial charge on any atom is 0.237 e. The molecule has 0 aromatic heterocycles. The van der Waals surface area contributed by atoms with Crippen LogP contribution in [-0.2, 0) is 4.79 Å². The third-order valence-electron chi connectivity index (χ3n) is 3.00. The first-order valence-electron chi connectivity index (χ1n) is 6.15. The van der Waals surface area contributed by atoms with Crippen LogP contribution in [0.4, 0.5) is 0 Å². The lowest BCUT2D eigenvalue weighted by molar-refractivity contribution is -0.123. The Balaban J connectivity index is 2.64. The van der Waals surface area contributed by atoms with Crippen molar-refractivity contribution < 1.29 is 9.53 Å². The first-order valence-corrected chi connectivity index (χ1v) is 6.15. The number of nitrogens with two attached hydrogens (primary N) is 1. The van der Waals surface area contributed by atoms with Gasteiger partial charge in [-0.3, -0.25) is 4.79 Å². The predicted octanol–water partition coefficient (Wildman–Crippen LogP) is 1.86. The number of methoxy groups -OCH3 is 1. The van der Waals surface area contributed by atoms with Crippen molar-refractivity contribution in [2.24, 2.45) is 11.7 Å². The fourth-order valence-corrected chi connectivity index (χ4v) is 1.59. The smallest absolute Gasteiger partial charge is 0.237 e. The summed E-state index contributed by atoms with van der Waals surface area (Å²) in [6, 6.07) is 7.09. The minimum Gasteiger partial charge on any atom is -0.497 e. The molecule has 1 rings (SSSR count). The van der Waals surface area contributed by atoms with Crippen molar-refractivity contribution in [1.82, 2.24) is 5.32 Å². The van der Waals surface area contributed by atoms with E-state index in [4.69, 9.17) is 10.5 Å². The SMILES string of the molecule is COc1ccc([C@@H](C)NC(=O)C(N)C(C)C)cc1. The van der Waals surface area contributed by atoms with E-state index in [0.29, 0.717) is 0 Å². The average Bonchev–Trinajstić information content (AvgIpc) is 2.37. The monoisotopic (exact) mass is 250 g/mol. The number of hydrogen-bond donors (Lipinski definition) is 2. The van der Waals surface area contributed by atoms with Crippen LogP contribution in [0.1, 0.15) is 32.4 Å². The van der Waals surface area contributed by atoms with Gasteiger partial charge in [0.25, 0.3) is 0 Å². The van der Waals surface area contributed by atoms with Gasteiger partial charge in [0.05, 0.1) is 19.2 Å². The lowest BCUT2D eigenvalue weighted by Gasteiger charge is -2.20. The molecule has 1 aromatic carbocycles. The molecule has 0 aliphatic heterocycles. The van der Waals surface area contributed by atoms with E-state index in [9.17, 15) is 4.79 Å². The average molecular weight is 250 g/mol. The number of benzene rings is 1. The zero-order chi connectivity index (χ0) is 13.7. The molecule has 1 amide bonds. The summed E-state index contributed by atoms with van der Waals surface area (Å²) < 4.78 is 5.09. The maximum absolute atomic E-state index is 11.8. The Kier molecular flexibility index (Phi) is 5.16. The van der Waals surface area contributed by atoms with Crippen molar-refractivity contribution in [3.8, 4) is 5.75 Å². The van der Waals surface area contributed by atoms with Crippen molar-refractivity contribution in [2.45, 2.75) is 32.9 Å². The highest BCUT2D eigenvalue weighted by atomic mass is 16.5. The molecule has 100 valence electrons. The van der Waals surface area contributed by atoms with Gasteiger partial charge >= 0.3 is 0 Å². The van der Waals surface area contributed by atoms with Crippen molar-refractivity contribution in [1.29, 1.82) is 0 Å². The van der Waals surface area contributed by atoms with Crippen LogP contribution in [-0.4, -0.2) is 19.1 Å². The van der Waals surface area contributed by atoms with Gasteiger partial charge in [0, 0.05) is 0 Å². The molecule has 3 N–H and O–H groups in total. The Morgan fingerprint density at radius 2 is 1.78 bits per heavy atom. The topological polar surface area (TPSA) is 64.3 Å². The molecule has 0 aliphatic carbocycles. The molecule has 4 nitrogen and oxygen atoms in total. The molecule has 2 atom stereocenters. The third kappa shape index (κ3) is 3.74. The second-order valence-corrected chi connectivity index (χ2v) is 4.77. The van der Waals surface area contributed by atoms with Crippen molar-refractivity contribution in [2.75, 3.05) is 7.11 Å². The molecular weight excluding hydrogens is 228 g/mol. The van der Waals surface area contributed by atoms with E-state index in [1.165, 1.54) is 0 Å². The van der Waals surface area contributed by atoms with Crippen LogP contribution < -0.4 is 15.8 Å². The van der Waals surface area contributed by atoms with Gasteiger partial charge in [0.15, 0.2) is 0 Å². The molecular formula is C14H22N2O2. The van der Waals surface area contributed by atoms with Crippen LogP contribution in [0.5, 0.6) is 5.75 Å². The standard InChI is InChI=1S/C14H22N2O2/c1-9(2)13(15)14(17)16-10(3)11-5-7-12(18-4)8-6-11/h5-10,13H,15H2,1-4H3,(H,16,17)/t10-,13?/m1/s1. The Morgan fingerprint density at radius 1 is 1.22 bits per heavy atom. The van der Waals surface area contributed by atoms with E-state index in [1.807, 2.05) is 45.0 Å². The number of carbonyl (C=O) groups excluding carboxylic acids is 1. The van der Waals surface area contributed by atoms with E-state index >= 15 is 0 Å². The molecule has 0 aliphatic rings. The number of ether oxygens (including phenoxy) is 1. The molecule has 0 spiro atoms. The molecule has 0 saturated carbocycles. The van der Waals surface area contributed by atoms with Crippen LogP contribution in [0, 0.1) is 5.92 Å². The summed E-state index contributed by atoms with van der Waals surface area (Å²) in [5.74, 6) is 0.817. The van der Waals surface area contributed by atoms with Crippen LogP contribution in [0.3, 0.4) is 0 Å². The second-order valence-electron chi connectivity index (χ2n) is 4.77. The zero-order valence-electron chi connectivity index (χ0n) is 11.4. The molecule has 1 aromatic rings. The van der Waals surface area contributed by atoms with Crippen LogP contribution in [0.25, 0.3) is 0 Å². The Labute approximate surface area is 109 Å². The van der Waals surface area contributed by atoms with Gasteiger partial charge in [-0.2, -0.15) is 0 Å². The lowest BCUT2D eigenvalue weighted by Crippen LogP contribution is -2.44. The molecule has 0 saturated heterocycles. The fraction of sp³-hybridized carbons (Fsp3) is 0.500. The van der Waals surface area contributed by atoms with Gasteiger partial charge < -0.3 is 15.8 Å². The highest BCUT2D eigenvalue weighted by Gasteiger charge is 2.19. The summed E-state index contributed by atoms with van der Waals surface area (Å²) in [6.07, 6.45) is 0. The summed E-state index contributed by atoms with van der Waals surface area (Å²) in [4.78, 5) is 11.8. The fourth-order valence-electron chi connectivity index (χ4n) is 1.59. The van der Waals surface area contributed by atoms with E-state index in [0.717, 1.165) is 11.3 Å². The van der Waals surface area contributed by atoms with Crippen molar-refractivity contribution in [3.63, 3.8) is 0 Å². The van der Waals surface area contributed by atoms with Crippen LogP contribution >= 0.6 is 0 Å². The Bertz CT molecular complexity index is 387. The van der Waals surface area contributed by atoms with Crippen LogP contribution in [0.15, 0.2) is 24.3 Å². The summed E-state index contributed by atoms with van der Waals surface area (Å²) in [7, 11) is 1.63. The molecule has 0 bridgehead atoms. The first kappa shape index (κ1) is 14.5. The first-order chi connectivity index (χ1) is 8.45. The molecule has 0 radical (unpaired) electrons. The Hall–Kier alpha value is -1.55. The van der Waals surface area contributed by atoms with E-state index in [2.05, 4.69) is 5.32 Å². The van der Waals surface area contributed by atoms with Crippen molar-refractivity contribution in [3.05, 3.63) is 29.8 Å². The summed E-state index contributed by atoms with van der Waals surface area (Å²) >= 11 is 0. The maximum atomic E-state index is 11.8. The normalized spacial score (nSPS) is 14.1. The summed E-state index contributed by atoms with van der Waals surface area (Å²) in [5.41, 5.74) is 6.83. The molecule has 0 fully saturated rings. The molecule has 0 heterocycles. The number of amides is 1. The molecule has 18 heavy (non-hydrogen) atoms. The van der Waals surface area contributed by atoms with Gasteiger partial charge in [-0.25, -0.2) is 0 Å². The van der Waals surface area contributed by atoms with Crippen LogP contribution in [0.2, 0.25) is 0 Å².